The van der Waals surface area contributed by atoms with Crippen LogP contribution in [0.3, 0.4) is 0 Å². The Bertz CT molecular complexity index is 556. The molecule has 0 aliphatic carbocycles. The number of aryl methyl sites for hydroxylation is 1. The summed E-state index contributed by atoms with van der Waals surface area (Å²) < 4.78 is 1.17. The van der Waals surface area contributed by atoms with Crippen molar-refractivity contribution in [2.24, 2.45) is 0 Å². The molecule has 0 bridgehead atoms. The minimum absolute atomic E-state index is 0.441. The number of nitriles is 1. The summed E-state index contributed by atoms with van der Waals surface area (Å²) in [4.78, 5) is 5.10. The maximum atomic E-state index is 8.80. The molecule has 2 heterocycles. The average molecular weight is 335 g/mol. The van der Waals surface area contributed by atoms with Gasteiger partial charge >= 0.3 is 0 Å². The van der Waals surface area contributed by atoms with E-state index in [1.807, 2.05) is 13.0 Å². The second kappa shape index (κ2) is 3.65. The fourth-order valence-corrected chi connectivity index (χ4v) is 3.37. The molecule has 2 aromatic rings. The van der Waals surface area contributed by atoms with Crippen LogP contribution in [0, 0.1) is 21.1 Å². The van der Waals surface area contributed by atoms with E-state index in [0.717, 1.165) is 15.8 Å². The molecule has 0 atom stereocenters. The highest BCUT2D eigenvalue weighted by atomic mass is 127. The molecule has 0 N–H and O–H groups in total. The molecule has 70 valence electrons. The van der Waals surface area contributed by atoms with Gasteiger partial charge in [0.2, 0.25) is 0 Å². The van der Waals surface area contributed by atoms with Crippen molar-refractivity contribution >= 4 is 55.7 Å². The number of nitrogens with zero attached hydrogens (tertiary/aromatic N) is 2. The molecule has 0 aliphatic rings. The van der Waals surface area contributed by atoms with E-state index in [1.54, 1.807) is 11.3 Å². The largest absolute Gasteiger partial charge is 0.244 e. The number of hydrogen-bond acceptors (Lipinski definition) is 3. The fraction of sp³-hybridized carbons (Fsp3) is 0.111. The zero-order valence-corrected chi connectivity index (χ0v) is 10.9. The summed E-state index contributed by atoms with van der Waals surface area (Å²) in [6.07, 6.45) is 1.52. The molecule has 14 heavy (non-hydrogen) atoms. The first-order valence-corrected chi connectivity index (χ1v) is 6.05. The van der Waals surface area contributed by atoms with Crippen LogP contribution in [0.1, 0.15) is 11.1 Å². The Kier molecular flexibility index (Phi) is 2.64. The number of pyridine rings is 1. The van der Waals surface area contributed by atoms with E-state index in [2.05, 4.69) is 27.6 Å². The van der Waals surface area contributed by atoms with Crippen LogP contribution in [0.5, 0.6) is 0 Å². The molecule has 0 fully saturated rings. The minimum atomic E-state index is 0.441. The van der Waals surface area contributed by atoms with Gasteiger partial charge < -0.3 is 0 Å². The quantitative estimate of drug-likeness (QED) is 0.688. The maximum Gasteiger partial charge on any atom is 0.126 e. The van der Waals surface area contributed by atoms with Crippen molar-refractivity contribution in [3.8, 4) is 6.07 Å². The predicted molar refractivity (Wildman–Crippen MR) is 66.8 cm³/mol. The molecule has 0 radical (unpaired) electrons. The van der Waals surface area contributed by atoms with E-state index < -0.39 is 0 Å². The summed E-state index contributed by atoms with van der Waals surface area (Å²) in [6.45, 7) is 2.00. The van der Waals surface area contributed by atoms with Crippen LogP contribution in [-0.4, -0.2) is 4.98 Å². The molecular weight excluding hydrogens is 331 g/mol. The second-order valence-corrected chi connectivity index (χ2v) is 5.97. The van der Waals surface area contributed by atoms with E-state index in [4.69, 9.17) is 16.9 Å². The Labute approximate surface area is 104 Å². The van der Waals surface area contributed by atoms with Crippen LogP contribution < -0.4 is 0 Å². The standard InChI is InChI=1S/C9H4ClIN2S/c1-4-6-7(10)5(2-12)3-13-9(6)14-8(4)11/h3H,1H3. The van der Waals surface area contributed by atoms with Crippen molar-refractivity contribution in [3.63, 3.8) is 0 Å². The van der Waals surface area contributed by atoms with Gasteiger partial charge in [-0.05, 0) is 35.1 Å². The zero-order valence-electron chi connectivity index (χ0n) is 7.14. The molecule has 0 spiro atoms. The first kappa shape index (κ1) is 10.1. The van der Waals surface area contributed by atoms with Gasteiger partial charge in [0.1, 0.15) is 10.9 Å². The molecular formula is C9H4ClIN2S. The summed E-state index contributed by atoms with van der Waals surface area (Å²) in [6, 6.07) is 2.03. The summed E-state index contributed by atoms with van der Waals surface area (Å²) in [7, 11) is 0. The van der Waals surface area contributed by atoms with Gasteiger partial charge in [-0.15, -0.1) is 11.3 Å². The van der Waals surface area contributed by atoms with Crippen molar-refractivity contribution in [1.29, 1.82) is 5.26 Å². The first-order chi connectivity index (χ1) is 6.65. The molecule has 2 rings (SSSR count). The maximum absolute atomic E-state index is 8.80. The van der Waals surface area contributed by atoms with E-state index in [9.17, 15) is 0 Å². The third-order valence-electron chi connectivity index (χ3n) is 1.96. The summed E-state index contributed by atoms with van der Waals surface area (Å²) in [5.74, 6) is 0. The van der Waals surface area contributed by atoms with Gasteiger partial charge in [0.05, 0.1) is 13.5 Å². The van der Waals surface area contributed by atoms with Crippen LogP contribution in [0.25, 0.3) is 10.2 Å². The summed E-state index contributed by atoms with van der Waals surface area (Å²) >= 11 is 9.95. The predicted octanol–water partition coefficient (Wildman–Crippen LogP) is 3.73. The topological polar surface area (TPSA) is 36.7 Å². The Hall–Kier alpha value is -0.380. The van der Waals surface area contributed by atoms with Gasteiger partial charge in [-0.25, -0.2) is 4.98 Å². The lowest BCUT2D eigenvalue weighted by molar-refractivity contribution is 1.39. The van der Waals surface area contributed by atoms with E-state index >= 15 is 0 Å². The van der Waals surface area contributed by atoms with Crippen molar-refractivity contribution in [3.05, 3.63) is 25.2 Å². The van der Waals surface area contributed by atoms with Crippen LogP contribution in [0.4, 0.5) is 0 Å². The Morgan fingerprint density at radius 1 is 1.64 bits per heavy atom. The smallest absolute Gasteiger partial charge is 0.126 e. The lowest BCUT2D eigenvalue weighted by Gasteiger charge is -1.96. The van der Waals surface area contributed by atoms with E-state index in [1.165, 1.54) is 9.08 Å². The molecule has 0 unspecified atom stereocenters. The highest BCUT2D eigenvalue weighted by Gasteiger charge is 2.13. The third-order valence-corrected chi connectivity index (χ3v) is 4.81. The van der Waals surface area contributed by atoms with Crippen LogP contribution in [0.2, 0.25) is 5.02 Å². The molecule has 0 aliphatic heterocycles. The molecule has 0 aromatic carbocycles. The normalized spacial score (nSPS) is 10.4. The number of aromatic nitrogens is 1. The lowest BCUT2D eigenvalue weighted by Crippen LogP contribution is -1.82. The third kappa shape index (κ3) is 1.40. The molecule has 2 nitrogen and oxygen atoms in total. The average Bonchev–Trinajstić information content (AvgIpc) is 2.44. The number of rotatable bonds is 0. The van der Waals surface area contributed by atoms with Gasteiger partial charge in [0, 0.05) is 11.6 Å². The van der Waals surface area contributed by atoms with Crippen molar-refractivity contribution < 1.29 is 0 Å². The second-order valence-electron chi connectivity index (χ2n) is 2.78. The van der Waals surface area contributed by atoms with E-state index in [0.29, 0.717) is 10.6 Å². The summed E-state index contributed by atoms with van der Waals surface area (Å²) in [5.41, 5.74) is 1.55. The number of hydrogen-bond donors (Lipinski definition) is 0. The van der Waals surface area contributed by atoms with Gasteiger partial charge in [0.15, 0.2) is 0 Å². The molecule has 0 amide bonds. The van der Waals surface area contributed by atoms with Crippen LogP contribution >= 0.6 is 45.5 Å². The van der Waals surface area contributed by atoms with Gasteiger partial charge in [0.25, 0.3) is 0 Å². The van der Waals surface area contributed by atoms with Crippen molar-refractivity contribution in [2.75, 3.05) is 0 Å². The fourth-order valence-electron chi connectivity index (χ4n) is 1.21. The molecule has 0 saturated carbocycles. The van der Waals surface area contributed by atoms with Gasteiger partial charge in [-0.1, -0.05) is 11.6 Å². The van der Waals surface area contributed by atoms with Crippen molar-refractivity contribution in [1.82, 2.24) is 4.98 Å². The lowest BCUT2D eigenvalue weighted by atomic mass is 10.2. The van der Waals surface area contributed by atoms with Gasteiger partial charge in [-0.2, -0.15) is 5.26 Å². The van der Waals surface area contributed by atoms with Crippen molar-refractivity contribution in [2.45, 2.75) is 6.92 Å². The number of fused-ring (bicyclic) bond motifs is 1. The Morgan fingerprint density at radius 3 is 3.00 bits per heavy atom. The Morgan fingerprint density at radius 2 is 2.36 bits per heavy atom. The Balaban J connectivity index is 2.95. The summed E-state index contributed by atoms with van der Waals surface area (Å²) in [5, 5.41) is 10.2. The number of thiophene rings is 1. The van der Waals surface area contributed by atoms with Crippen LogP contribution in [-0.2, 0) is 0 Å². The zero-order chi connectivity index (χ0) is 10.3. The van der Waals surface area contributed by atoms with E-state index in [-0.39, 0.29) is 0 Å². The van der Waals surface area contributed by atoms with Gasteiger partial charge in [-0.3, -0.25) is 0 Å². The van der Waals surface area contributed by atoms with Crippen LogP contribution in [0.15, 0.2) is 6.20 Å². The minimum Gasteiger partial charge on any atom is -0.244 e. The first-order valence-electron chi connectivity index (χ1n) is 3.78. The highest BCUT2D eigenvalue weighted by molar-refractivity contribution is 14.1. The SMILES string of the molecule is Cc1c(I)sc2ncc(C#N)c(Cl)c12. The molecule has 0 saturated heterocycles. The highest BCUT2D eigenvalue weighted by Crippen LogP contribution is 2.36. The molecule has 5 heteroatoms. The molecule has 2 aromatic heterocycles. The number of halogens is 2. The monoisotopic (exact) mass is 334 g/mol.